The molecule has 3 N–H and O–H groups in total. The minimum atomic E-state index is -4.54. The van der Waals surface area contributed by atoms with Crippen molar-refractivity contribution < 1.29 is 31.5 Å². The van der Waals surface area contributed by atoms with Crippen LogP contribution in [0, 0.1) is 11.3 Å². The molecule has 1 saturated heterocycles. The summed E-state index contributed by atoms with van der Waals surface area (Å²) in [5.74, 6) is -3.99. The van der Waals surface area contributed by atoms with Crippen LogP contribution in [0.5, 0.6) is 5.75 Å². The SMILES string of the molecule is CN/C=C(\C(=N)C(=O)N1CC(F)(F)CC(C)C1CNC1=C/CC/C=C(C(F)(F)F)/C=N\1)c1ccc(OC)cc1. The van der Waals surface area contributed by atoms with E-state index in [0.717, 1.165) is 17.2 Å². The van der Waals surface area contributed by atoms with Crippen LogP contribution in [0.4, 0.5) is 22.0 Å². The van der Waals surface area contributed by atoms with Crippen LogP contribution in [-0.4, -0.2) is 68.1 Å². The summed E-state index contributed by atoms with van der Waals surface area (Å²) in [7, 11) is 3.09. The summed E-state index contributed by atoms with van der Waals surface area (Å²) >= 11 is 0. The number of alkyl halides is 5. The molecule has 3 rings (SSSR count). The predicted octanol–water partition coefficient (Wildman–Crippen LogP) is 4.93. The van der Waals surface area contributed by atoms with Crippen LogP contribution in [0.2, 0.25) is 0 Å². The van der Waals surface area contributed by atoms with Gasteiger partial charge in [-0.05, 0) is 42.5 Å². The maximum Gasteiger partial charge on any atom is 0.417 e. The number of nitrogens with one attached hydrogen (secondary N) is 3. The second-order valence-electron chi connectivity index (χ2n) is 9.45. The number of likely N-dealkylation sites (tertiary alicyclic amines) is 1. The molecule has 0 bridgehead atoms. The number of carbonyl (C=O) groups excluding carboxylic acids is 1. The highest BCUT2D eigenvalue weighted by atomic mass is 19.4. The molecular formula is C27H32F5N5O2. The molecule has 2 heterocycles. The third kappa shape index (κ3) is 7.67. The lowest BCUT2D eigenvalue weighted by molar-refractivity contribution is -0.145. The molecule has 212 valence electrons. The van der Waals surface area contributed by atoms with Crippen LogP contribution < -0.4 is 15.4 Å². The fourth-order valence-electron chi connectivity index (χ4n) is 4.57. The van der Waals surface area contributed by atoms with Crippen molar-refractivity contribution in [1.29, 1.82) is 5.41 Å². The van der Waals surface area contributed by atoms with E-state index in [9.17, 15) is 26.7 Å². The smallest absolute Gasteiger partial charge is 0.417 e. The van der Waals surface area contributed by atoms with Gasteiger partial charge in [-0.3, -0.25) is 10.2 Å². The Labute approximate surface area is 224 Å². The lowest BCUT2D eigenvalue weighted by atomic mass is 9.87. The van der Waals surface area contributed by atoms with E-state index in [1.54, 1.807) is 44.3 Å². The summed E-state index contributed by atoms with van der Waals surface area (Å²) < 4.78 is 73.8. The first-order valence-electron chi connectivity index (χ1n) is 12.4. The van der Waals surface area contributed by atoms with Crippen LogP contribution >= 0.6 is 0 Å². The highest BCUT2D eigenvalue weighted by molar-refractivity contribution is 6.54. The number of amides is 1. The van der Waals surface area contributed by atoms with Crippen LogP contribution in [0.1, 0.15) is 31.7 Å². The molecule has 2 aliphatic heterocycles. The van der Waals surface area contributed by atoms with Crippen LogP contribution in [0.15, 0.2) is 59.0 Å². The number of rotatable bonds is 8. The summed E-state index contributed by atoms with van der Waals surface area (Å²) in [6.07, 6.45) is 0.288. The first-order valence-corrected chi connectivity index (χ1v) is 12.4. The van der Waals surface area contributed by atoms with Crippen LogP contribution in [0.25, 0.3) is 5.57 Å². The number of ether oxygens (including phenoxy) is 1. The predicted molar refractivity (Wildman–Crippen MR) is 140 cm³/mol. The third-order valence-corrected chi connectivity index (χ3v) is 6.54. The molecule has 0 aromatic heterocycles. The third-order valence-electron chi connectivity index (χ3n) is 6.54. The summed E-state index contributed by atoms with van der Waals surface area (Å²) in [6.45, 7) is 0.666. The molecule has 2 aliphatic rings. The fraction of sp³-hybridized carbons (Fsp3) is 0.444. The Balaban J connectivity index is 1.83. The number of hydrogen-bond donors (Lipinski definition) is 3. The zero-order chi connectivity index (χ0) is 28.8. The molecule has 2 atom stereocenters. The van der Waals surface area contributed by atoms with Crippen molar-refractivity contribution in [2.24, 2.45) is 10.9 Å². The number of halogens is 5. The average molecular weight is 554 g/mol. The number of carbonyl (C=O) groups is 1. The summed E-state index contributed by atoms with van der Waals surface area (Å²) in [5, 5.41) is 14.4. The molecule has 0 spiro atoms. The van der Waals surface area contributed by atoms with Gasteiger partial charge in [0.25, 0.3) is 11.8 Å². The molecule has 39 heavy (non-hydrogen) atoms. The maximum absolute atomic E-state index is 14.6. The monoisotopic (exact) mass is 553 g/mol. The molecule has 0 aliphatic carbocycles. The van der Waals surface area contributed by atoms with Gasteiger partial charge >= 0.3 is 6.18 Å². The van der Waals surface area contributed by atoms with Crippen molar-refractivity contribution in [3.63, 3.8) is 0 Å². The average Bonchev–Trinajstić information content (AvgIpc) is 2.85. The van der Waals surface area contributed by atoms with E-state index >= 15 is 0 Å². The number of aliphatic imine (C=N–C) groups is 1. The zero-order valence-corrected chi connectivity index (χ0v) is 21.9. The molecule has 0 saturated carbocycles. The molecule has 0 radical (unpaired) electrons. The van der Waals surface area contributed by atoms with Crippen molar-refractivity contribution >= 4 is 23.4 Å². The topological polar surface area (TPSA) is 89.8 Å². The van der Waals surface area contributed by atoms with E-state index in [4.69, 9.17) is 10.1 Å². The van der Waals surface area contributed by atoms with Crippen molar-refractivity contribution in [2.75, 3.05) is 27.2 Å². The van der Waals surface area contributed by atoms with E-state index in [0.29, 0.717) is 17.7 Å². The van der Waals surface area contributed by atoms with Crippen molar-refractivity contribution in [3.05, 3.63) is 59.6 Å². The molecular weight excluding hydrogens is 521 g/mol. The van der Waals surface area contributed by atoms with Crippen molar-refractivity contribution in [1.82, 2.24) is 15.5 Å². The number of nitrogens with zero attached hydrogens (tertiary/aromatic N) is 2. The van der Waals surface area contributed by atoms with Gasteiger partial charge in [-0.15, -0.1) is 0 Å². The Bertz CT molecular complexity index is 1170. The fourth-order valence-corrected chi connectivity index (χ4v) is 4.57. The summed E-state index contributed by atoms with van der Waals surface area (Å²) in [4.78, 5) is 18.4. The molecule has 12 heteroatoms. The zero-order valence-electron chi connectivity index (χ0n) is 21.9. The first-order chi connectivity index (χ1) is 18.4. The first kappa shape index (κ1) is 29.9. The second-order valence-corrected chi connectivity index (χ2v) is 9.45. The molecule has 1 aromatic rings. The second kappa shape index (κ2) is 12.4. The minimum absolute atomic E-state index is 0.0296. The largest absolute Gasteiger partial charge is 0.497 e. The Hall–Kier alpha value is -3.70. The van der Waals surface area contributed by atoms with Gasteiger partial charge in [-0.2, -0.15) is 13.2 Å². The van der Waals surface area contributed by atoms with Gasteiger partial charge < -0.3 is 20.3 Å². The highest BCUT2D eigenvalue weighted by Crippen LogP contribution is 2.35. The van der Waals surface area contributed by atoms with Crippen molar-refractivity contribution in [3.8, 4) is 5.75 Å². The lowest BCUT2D eigenvalue weighted by Gasteiger charge is -2.43. The maximum atomic E-state index is 14.6. The molecule has 2 unspecified atom stereocenters. The summed E-state index contributed by atoms with van der Waals surface area (Å²) in [5.41, 5.74) is -0.629. The number of hydrogen-bond acceptors (Lipinski definition) is 6. The normalized spacial score (nSPS) is 25.2. The molecule has 1 aromatic carbocycles. The van der Waals surface area contributed by atoms with Crippen LogP contribution in [0.3, 0.4) is 0 Å². The Morgan fingerprint density at radius 3 is 2.51 bits per heavy atom. The lowest BCUT2D eigenvalue weighted by Crippen LogP contribution is -2.59. The van der Waals surface area contributed by atoms with E-state index in [2.05, 4.69) is 15.6 Å². The van der Waals surface area contributed by atoms with E-state index in [1.807, 2.05) is 0 Å². The minimum Gasteiger partial charge on any atom is -0.497 e. The number of piperidine rings is 1. The molecule has 7 nitrogen and oxygen atoms in total. The van der Waals surface area contributed by atoms with Gasteiger partial charge in [0.1, 0.15) is 17.3 Å². The van der Waals surface area contributed by atoms with Gasteiger partial charge in [0.15, 0.2) is 0 Å². The number of allylic oxidation sites excluding steroid dienone is 3. The van der Waals surface area contributed by atoms with Gasteiger partial charge in [-0.25, -0.2) is 13.8 Å². The van der Waals surface area contributed by atoms with Gasteiger partial charge in [0, 0.05) is 38.0 Å². The van der Waals surface area contributed by atoms with Gasteiger partial charge in [0.2, 0.25) is 0 Å². The van der Waals surface area contributed by atoms with E-state index < -0.39 is 54.2 Å². The Kier molecular flexibility index (Phi) is 9.52. The van der Waals surface area contributed by atoms with Gasteiger partial charge in [-0.1, -0.05) is 25.1 Å². The van der Waals surface area contributed by atoms with Crippen LogP contribution in [-0.2, 0) is 4.79 Å². The quantitative estimate of drug-likeness (QED) is 0.315. The van der Waals surface area contributed by atoms with Crippen molar-refractivity contribution in [2.45, 2.75) is 44.3 Å². The molecule has 1 amide bonds. The standard InChI is InChI=1S/C27H32F5N5O2/c1-17-12-26(28,29)16-37(22(17)15-36-23-7-5-4-6-19(13-35-23)27(30,31)32)25(38)24(33)21(14-34-2)18-8-10-20(39-3)11-9-18/h6-11,13-14,17,22,33-34,36H,4-5,12,15-16H2,1-3H3/b19-6-,21-14-,23-7+,33-24?,35-13-. The van der Waals surface area contributed by atoms with E-state index in [-0.39, 0.29) is 24.4 Å². The Morgan fingerprint density at radius 2 is 1.90 bits per heavy atom. The van der Waals surface area contributed by atoms with Gasteiger partial charge in [0.05, 0.1) is 25.3 Å². The molecule has 1 fully saturated rings. The highest BCUT2D eigenvalue weighted by Gasteiger charge is 2.46. The Morgan fingerprint density at radius 1 is 1.23 bits per heavy atom. The number of methoxy groups -OCH3 is 1. The van der Waals surface area contributed by atoms with E-state index in [1.165, 1.54) is 13.3 Å². The summed E-state index contributed by atoms with van der Waals surface area (Å²) in [6, 6.07) is 5.85. The number of benzene rings is 1.